The molecule has 33 heavy (non-hydrogen) atoms. The lowest BCUT2D eigenvalue weighted by atomic mass is 10.1. The number of fused-ring (bicyclic) bond motifs is 2. The molecule has 1 aliphatic heterocycles. The van der Waals surface area contributed by atoms with Gasteiger partial charge in [-0.3, -0.25) is 9.59 Å². The molecular formula is C26H26N2O4S. The number of rotatable bonds is 5. The van der Waals surface area contributed by atoms with Gasteiger partial charge >= 0.3 is 0 Å². The number of amides is 2. The van der Waals surface area contributed by atoms with Crippen molar-refractivity contribution in [2.24, 2.45) is 0 Å². The third-order valence-corrected chi connectivity index (χ3v) is 7.73. The summed E-state index contributed by atoms with van der Waals surface area (Å²) in [5, 5.41) is 2.90. The van der Waals surface area contributed by atoms with Crippen molar-refractivity contribution in [2.75, 3.05) is 4.90 Å². The Morgan fingerprint density at radius 2 is 1.76 bits per heavy atom. The number of sulfone groups is 1. The predicted molar refractivity (Wildman–Crippen MR) is 127 cm³/mol. The smallest absolute Gasteiger partial charge is 0.259 e. The number of carbonyl (C=O) groups is 2. The van der Waals surface area contributed by atoms with Gasteiger partial charge in [0.05, 0.1) is 27.6 Å². The van der Waals surface area contributed by atoms with Crippen LogP contribution in [0.1, 0.15) is 52.1 Å². The number of carbonyl (C=O) groups excluding carboxylic acids is 2. The standard InChI is InChI=1S/C26H26N2O4S/c1-4-18(3)27-25(29)20-12-13-24-22(15-20)28(16-19-9-7-8-17(2)14-19)26(30)21-10-5-6-11-23(21)33(24,31)32/h5-15,18H,4,16H2,1-3H3,(H,27,29)/t18-/m0/s1. The van der Waals surface area contributed by atoms with Crippen molar-refractivity contribution in [1.29, 1.82) is 0 Å². The SMILES string of the molecule is CC[C@H](C)NC(=O)c1ccc2c(c1)N(Cc1cccc(C)c1)C(=O)c1ccccc1S2(=O)=O. The summed E-state index contributed by atoms with van der Waals surface area (Å²) in [6.45, 7) is 6.00. The van der Waals surface area contributed by atoms with Crippen LogP contribution in [0, 0.1) is 6.92 Å². The Balaban J connectivity index is 1.91. The van der Waals surface area contributed by atoms with Crippen LogP contribution >= 0.6 is 0 Å². The van der Waals surface area contributed by atoms with Gasteiger partial charge in [-0.15, -0.1) is 0 Å². The van der Waals surface area contributed by atoms with Crippen LogP contribution in [0.25, 0.3) is 0 Å². The van der Waals surface area contributed by atoms with Crippen molar-refractivity contribution in [2.45, 2.75) is 49.6 Å². The van der Waals surface area contributed by atoms with Crippen LogP contribution < -0.4 is 10.2 Å². The van der Waals surface area contributed by atoms with Crippen molar-refractivity contribution in [3.63, 3.8) is 0 Å². The molecule has 6 nitrogen and oxygen atoms in total. The van der Waals surface area contributed by atoms with Gasteiger partial charge in [-0.05, 0) is 56.2 Å². The lowest BCUT2D eigenvalue weighted by Gasteiger charge is -2.24. The first-order valence-electron chi connectivity index (χ1n) is 10.9. The molecule has 2 amide bonds. The largest absolute Gasteiger partial charge is 0.350 e. The maximum atomic E-state index is 13.6. The predicted octanol–water partition coefficient (Wildman–Crippen LogP) is 4.52. The molecule has 1 aliphatic rings. The van der Waals surface area contributed by atoms with Crippen LogP contribution in [-0.4, -0.2) is 26.3 Å². The van der Waals surface area contributed by atoms with Gasteiger partial charge < -0.3 is 10.2 Å². The van der Waals surface area contributed by atoms with Gasteiger partial charge in [-0.2, -0.15) is 0 Å². The Morgan fingerprint density at radius 1 is 1.00 bits per heavy atom. The number of nitrogens with zero attached hydrogens (tertiary/aromatic N) is 1. The first-order valence-corrected chi connectivity index (χ1v) is 12.4. The van der Waals surface area contributed by atoms with E-state index in [4.69, 9.17) is 0 Å². The average Bonchev–Trinajstić information content (AvgIpc) is 2.87. The molecule has 170 valence electrons. The third kappa shape index (κ3) is 4.28. The normalized spacial score (nSPS) is 15.2. The van der Waals surface area contributed by atoms with Crippen LogP contribution in [0.15, 0.2) is 76.5 Å². The van der Waals surface area contributed by atoms with Crippen molar-refractivity contribution in [1.82, 2.24) is 5.32 Å². The summed E-state index contributed by atoms with van der Waals surface area (Å²) in [6, 6.07) is 18.3. The monoisotopic (exact) mass is 462 g/mol. The summed E-state index contributed by atoms with van der Waals surface area (Å²) in [5.41, 5.74) is 2.52. The van der Waals surface area contributed by atoms with E-state index in [2.05, 4.69) is 5.32 Å². The fourth-order valence-corrected chi connectivity index (χ4v) is 5.54. The number of hydrogen-bond acceptors (Lipinski definition) is 4. The minimum atomic E-state index is -3.97. The zero-order chi connectivity index (χ0) is 23.8. The summed E-state index contributed by atoms with van der Waals surface area (Å²) in [5.74, 6) is -0.733. The van der Waals surface area contributed by atoms with Crippen LogP contribution in [0.2, 0.25) is 0 Å². The Labute approximate surface area is 194 Å². The number of hydrogen-bond donors (Lipinski definition) is 1. The second-order valence-electron chi connectivity index (χ2n) is 8.35. The van der Waals surface area contributed by atoms with E-state index in [1.165, 1.54) is 35.2 Å². The lowest BCUT2D eigenvalue weighted by Crippen LogP contribution is -2.33. The highest BCUT2D eigenvalue weighted by Crippen LogP contribution is 2.38. The second-order valence-corrected chi connectivity index (χ2v) is 10.2. The third-order valence-electron chi connectivity index (χ3n) is 5.87. The molecular weight excluding hydrogens is 436 g/mol. The maximum Gasteiger partial charge on any atom is 0.259 e. The molecule has 3 aromatic rings. The van der Waals surface area contributed by atoms with E-state index in [1.807, 2.05) is 45.0 Å². The van der Waals surface area contributed by atoms with E-state index in [-0.39, 0.29) is 39.5 Å². The van der Waals surface area contributed by atoms with Gasteiger partial charge in [0.2, 0.25) is 9.84 Å². The summed E-state index contributed by atoms with van der Waals surface area (Å²) in [6.07, 6.45) is 0.762. The topological polar surface area (TPSA) is 83.6 Å². The highest BCUT2D eigenvalue weighted by atomic mass is 32.2. The fourth-order valence-electron chi connectivity index (χ4n) is 3.91. The molecule has 0 bridgehead atoms. The highest BCUT2D eigenvalue weighted by molar-refractivity contribution is 7.91. The quantitative estimate of drug-likeness (QED) is 0.604. The number of benzene rings is 3. The van der Waals surface area contributed by atoms with Crippen LogP contribution in [0.5, 0.6) is 0 Å². The molecule has 0 fully saturated rings. The summed E-state index contributed by atoms with van der Waals surface area (Å²) >= 11 is 0. The maximum absolute atomic E-state index is 13.6. The van der Waals surface area contributed by atoms with Gasteiger partial charge in [0, 0.05) is 11.6 Å². The minimum absolute atomic E-state index is 0.00791. The molecule has 4 rings (SSSR count). The summed E-state index contributed by atoms with van der Waals surface area (Å²) < 4.78 is 27.1. The van der Waals surface area contributed by atoms with Gasteiger partial charge in [-0.25, -0.2) is 8.42 Å². The van der Waals surface area contributed by atoms with E-state index in [9.17, 15) is 18.0 Å². The molecule has 0 radical (unpaired) electrons. The Kier molecular flexibility index (Phi) is 6.08. The first-order chi connectivity index (χ1) is 15.7. The summed E-state index contributed by atoms with van der Waals surface area (Å²) in [4.78, 5) is 27.9. The number of aryl methyl sites for hydroxylation is 1. The van der Waals surface area contributed by atoms with Crippen molar-refractivity contribution < 1.29 is 18.0 Å². The van der Waals surface area contributed by atoms with Gasteiger partial charge in [0.1, 0.15) is 0 Å². The Hall–Kier alpha value is -3.45. The molecule has 0 aliphatic carbocycles. The fraction of sp³-hybridized carbons (Fsp3) is 0.231. The summed E-state index contributed by atoms with van der Waals surface area (Å²) in [7, 11) is -3.97. The van der Waals surface area contributed by atoms with Crippen molar-refractivity contribution >= 4 is 27.3 Å². The lowest BCUT2D eigenvalue weighted by molar-refractivity contribution is 0.0936. The zero-order valence-electron chi connectivity index (χ0n) is 18.8. The molecule has 0 saturated carbocycles. The van der Waals surface area contributed by atoms with Crippen molar-refractivity contribution in [3.8, 4) is 0 Å². The zero-order valence-corrected chi connectivity index (χ0v) is 19.6. The molecule has 1 N–H and O–H groups in total. The van der Waals surface area contributed by atoms with Gasteiger partial charge in [-0.1, -0.05) is 48.9 Å². The number of nitrogens with one attached hydrogen (secondary N) is 1. The molecule has 1 atom stereocenters. The molecule has 0 unspecified atom stereocenters. The van der Waals surface area contributed by atoms with Crippen LogP contribution in [-0.2, 0) is 16.4 Å². The molecule has 1 heterocycles. The Morgan fingerprint density at radius 3 is 2.48 bits per heavy atom. The molecule has 7 heteroatoms. The van der Waals surface area contributed by atoms with Gasteiger partial charge in [0.15, 0.2) is 0 Å². The van der Waals surface area contributed by atoms with Crippen molar-refractivity contribution in [3.05, 3.63) is 89.0 Å². The molecule has 3 aromatic carbocycles. The average molecular weight is 463 g/mol. The van der Waals surface area contributed by atoms with Crippen LogP contribution in [0.3, 0.4) is 0 Å². The first kappa shape index (κ1) is 22.7. The molecule has 0 aromatic heterocycles. The van der Waals surface area contributed by atoms with Gasteiger partial charge in [0.25, 0.3) is 11.8 Å². The van der Waals surface area contributed by atoms with Crippen LogP contribution in [0.4, 0.5) is 5.69 Å². The highest BCUT2D eigenvalue weighted by Gasteiger charge is 2.36. The van der Waals surface area contributed by atoms with E-state index in [0.29, 0.717) is 5.56 Å². The van der Waals surface area contributed by atoms with E-state index in [1.54, 1.807) is 12.1 Å². The minimum Gasteiger partial charge on any atom is -0.350 e. The number of anilines is 1. The van der Waals surface area contributed by atoms with E-state index >= 15 is 0 Å². The van der Waals surface area contributed by atoms with E-state index < -0.39 is 15.7 Å². The molecule has 0 spiro atoms. The molecule has 0 saturated heterocycles. The van der Waals surface area contributed by atoms with E-state index in [0.717, 1.165) is 17.5 Å². The second kappa shape index (κ2) is 8.83. The Bertz CT molecular complexity index is 1350.